The predicted molar refractivity (Wildman–Crippen MR) is 125 cm³/mol. The monoisotopic (exact) mass is 461 g/mol. The molecule has 3 aliphatic rings. The number of rotatable bonds is 5. The third-order valence-corrected chi connectivity index (χ3v) is 6.75. The number of hydrogen-bond donors (Lipinski definition) is 1. The molecule has 1 saturated heterocycles. The number of ether oxygens (including phenoxy) is 1. The smallest absolute Gasteiger partial charge is 0.261 e. The minimum atomic E-state index is -0.322. The first-order valence-corrected chi connectivity index (χ1v) is 11.9. The van der Waals surface area contributed by atoms with Crippen molar-refractivity contribution in [3.05, 3.63) is 59.2 Å². The molecular weight excluding hydrogens is 434 g/mol. The molecule has 0 radical (unpaired) electrons. The van der Waals surface area contributed by atoms with Crippen LogP contribution in [0.15, 0.2) is 42.5 Å². The minimum Gasteiger partial charge on any atom is -0.493 e. The van der Waals surface area contributed by atoms with Crippen LogP contribution in [0.2, 0.25) is 0 Å². The van der Waals surface area contributed by atoms with Crippen molar-refractivity contribution in [2.75, 3.05) is 25.0 Å². The van der Waals surface area contributed by atoms with Crippen molar-refractivity contribution < 1.29 is 23.9 Å². The second kappa shape index (κ2) is 9.29. The maximum atomic E-state index is 13.2. The Morgan fingerprint density at radius 1 is 0.941 bits per heavy atom. The van der Waals surface area contributed by atoms with Gasteiger partial charge in [-0.25, -0.2) is 0 Å². The van der Waals surface area contributed by atoms with Crippen LogP contribution in [0.3, 0.4) is 0 Å². The van der Waals surface area contributed by atoms with Crippen molar-refractivity contribution in [2.45, 2.75) is 44.6 Å². The molecular formula is C26H27N3O5. The summed E-state index contributed by atoms with van der Waals surface area (Å²) in [5.74, 6) is -0.403. The van der Waals surface area contributed by atoms with Gasteiger partial charge in [-0.05, 0) is 56.0 Å². The molecule has 8 nitrogen and oxygen atoms in total. The van der Waals surface area contributed by atoms with Crippen molar-refractivity contribution in [2.24, 2.45) is 0 Å². The maximum absolute atomic E-state index is 13.2. The number of piperidine rings is 1. The first-order chi connectivity index (χ1) is 16.5. The molecule has 176 valence electrons. The first kappa shape index (κ1) is 22.1. The highest BCUT2D eigenvalue weighted by Crippen LogP contribution is 2.31. The standard InChI is InChI=1S/C26H27N3O5/c30-23(9-5-14-29-24(31)19-7-1-2-8-20(19)25(29)32)27-17-10-11-22-21(16-17)26(33)28-13-4-3-6-18(28)12-15-34-22/h1-2,7-8,10-11,16,18H,3-6,9,12-15H2,(H,27,30). The van der Waals surface area contributed by atoms with E-state index >= 15 is 0 Å². The van der Waals surface area contributed by atoms with Gasteiger partial charge in [0.15, 0.2) is 0 Å². The lowest BCUT2D eigenvalue weighted by Gasteiger charge is -2.37. The van der Waals surface area contributed by atoms with Gasteiger partial charge in [0.2, 0.25) is 5.91 Å². The highest BCUT2D eigenvalue weighted by molar-refractivity contribution is 6.21. The molecule has 2 aromatic carbocycles. The SMILES string of the molecule is O=C(CCCN1C(=O)c2ccccc2C1=O)Nc1ccc2c(c1)C(=O)N1CCCCC1CCO2. The summed E-state index contributed by atoms with van der Waals surface area (Å²) in [7, 11) is 0. The number of carbonyl (C=O) groups excluding carboxylic acids is 4. The molecule has 5 rings (SSSR count). The fourth-order valence-electron chi connectivity index (χ4n) is 4.99. The largest absolute Gasteiger partial charge is 0.493 e. The number of fused-ring (bicyclic) bond motifs is 3. The first-order valence-electron chi connectivity index (χ1n) is 11.9. The molecule has 0 bridgehead atoms. The predicted octanol–water partition coefficient (Wildman–Crippen LogP) is 3.48. The second-order valence-corrected chi connectivity index (χ2v) is 8.96. The summed E-state index contributed by atoms with van der Waals surface area (Å²) >= 11 is 0. The molecule has 0 aliphatic carbocycles. The molecule has 8 heteroatoms. The maximum Gasteiger partial charge on any atom is 0.261 e. The molecule has 1 fully saturated rings. The van der Waals surface area contributed by atoms with Crippen LogP contribution in [0.4, 0.5) is 5.69 Å². The third-order valence-electron chi connectivity index (χ3n) is 6.75. The lowest BCUT2D eigenvalue weighted by atomic mass is 9.97. The van der Waals surface area contributed by atoms with Crippen LogP contribution in [-0.4, -0.2) is 59.2 Å². The molecule has 1 atom stereocenters. The van der Waals surface area contributed by atoms with Crippen molar-refractivity contribution >= 4 is 29.3 Å². The van der Waals surface area contributed by atoms with E-state index in [-0.39, 0.29) is 42.6 Å². The van der Waals surface area contributed by atoms with Gasteiger partial charge < -0.3 is 15.0 Å². The number of nitrogens with zero attached hydrogens (tertiary/aromatic N) is 2. The van der Waals surface area contributed by atoms with Gasteiger partial charge >= 0.3 is 0 Å². The van der Waals surface area contributed by atoms with Gasteiger partial charge in [0.05, 0.1) is 23.3 Å². The summed E-state index contributed by atoms with van der Waals surface area (Å²) < 4.78 is 5.85. The molecule has 1 N–H and O–H groups in total. The Bertz CT molecular complexity index is 1130. The number of imide groups is 1. The van der Waals surface area contributed by atoms with Crippen LogP contribution in [0.5, 0.6) is 5.75 Å². The van der Waals surface area contributed by atoms with E-state index in [4.69, 9.17) is 4.74 Å². The number of nitrogens with one attached hydrogen (secondary N) is 1. The fourth-order valence-corrected chi connectivity index (χ4v) is 4.99. The summed E-state index contributed by atoms with van der Waals surface area (Å²) in [5.41, 5.74) is 1.80. The van der Waals surface area contributed by atoms with Crippen LogP contribution in [0.25, 0.3) is 0 Å². The summed E-state index contributed by atoms with van der Waals surface area (Å²) in [6.45, 7) is 1.48. The van der Waals surface area contributed by atoms with Gasteiger partial charge in [-0.3, -0.25) is 24.1 Å². The minimum absolute atomic E-state index is 0.0545. The highest BCUT2D eigenvalue weighted by Gasteiger charge is 2.35. The van der Waals surface area contributed by atoms with E-state index in [9.17, 15) is 19.2 Å². The molecule has 0 saturated carbocycles. The van der Waals surface area contributed by atoms with Crippen LogP contribution in [0, 0.1) is 0 Å². The van der Waals surface area contributed by atoms with Gasteiger partial charge in [0, 0.05) is 37.7 Å². The van der Waals surface area contributed by atoms with Gasteiger partial charge in [-0.2, -0.15) is 0 Å². The molecule has 3 aliphatic heterocycles. The fraction of sp³-hybridized carbons (Fsp3) is 0.385. The summed E-state index contributed by atoms with van der Waals surface area (Å²) in [5, 5.41) is 2.83. The zero-order valence-corrected chi connectivity index (χ0v) is 18.9. The Morgan fingerprint density at radius 2 is 1.71 bits per heavy atom. The molecule has 0 spiro atoms. The zero-order valence-electron chi connectivity index (χ0n) is 18.9. The average Bonchev–Trinajstić information content (AvgIpc) is 3.09. The van der Waals surface area contributed by atoms with Crippen LogP contribution in [-0.2, 0) is 4.79 Å². The average molecular weight is 462 g/mol. The van der Waals surface area contributed by atoms with Gasteiger partial charge in [0.25, 0.3) is 17.7 Å². The molecule has 1 unspecified atom stereocenters. The normalized spacial score (nSPS) is 19.5. The Hall–Kier alpha value is -3.68. The quantitative estimate of drug-likeness (QED) is 0.688. The van der Waals surface area contributed by atoms with Crippen molar-refractivity contribution in [3.63, 3.8) is 0 Å². The van der Waals surface area contributed by atoms with E-state index in [0.29, 0.717) is 41.2 Å². The number of carbonyl (C=O) groups is 4. The number of amides is 4. The Labute approximate surface area is 197 Å². The topological polar surface area (TPSA) is 96.0 Å². The van der Waals surface area contributed by atoms with Gasteiger partial charge in [0.1, 0.15) is 5.75 Å². The lowest BCUT2D eigenvalue weighted by molar-refractivity contribution is -0.116. The van der Waals surface area contributed by atoms with Crippen molar-refractivity contribution in [1.82, 2.24) is 9.80 Å². The van der Waals surface area contributed by atoms with E-state index in [1.165, 1.54) is 4.90 Å². The number of hydrogen-bond acceptors (Lipinski definition) is 5. The van der Waals surface area contributed by atoms with Gasteiger partial charge in [-0.1, -0.05) is 12.1 Å². The van der Waals surface area contributed by atoms with Gasteiger partial charge in [-0.15, -0.1) is 0 Å². The molecule has 4 amide bonds. The Morgan fingerprint density at radius 3 is 2.47 bits per heavy atom. The number of anilines is 1. The van der Waals surface area contributed by atoms with E-state index < -0.39 is 0 Å². The summed E-state index contributed by atoms with van der Waals surface area (Å²) in [6.07, 6.45) is 4.44. The Balaban J connectivity index is 1.20. The van der Waals surface area contributed by atoms with Crippen LogP contribution < -0.4 is 10.1 Å². The van der Waals surface area contributed by atoms with Crippen molar-refractivity contribution in [3.8, 4) is 5.75 Å². The highest BCUT2D eigenvalue weighted by atomic mass is 16.5. The lowest BCUT2D eigenvalue weighted by Crippen LogP contribution is -2.45. The van der Waals surface area contributed by atoms with Crippen molar-refractivity contribution in [1.29, 1.82) is 0 Å². The molecule has 34 heavy (non-hydrogen) atoms. The van der Waals surface area contributed by atoms with E-state index in [0.717, 1.165) is 32.2 Å². The number of benzene rings is 2. The van der Waals surface area contributed by atoms with Crippen LogP contribution >= 0.6 is 0 Å². The van der Waals surface area contributed by atoms with Crippen LogP contribution in [0.1, 0.15) is 69.6 Å². The molecule has 0 aromatic heterocycles. The Kier molecular flexibility index (Phi) is 6.04. The second-order valence-electron chi connectivity index (χ2n) is 8.96. The zero-order chi connectivity index (χ0) is 23.7. The van der Waals surface area contributed by atoms with E-state index in [2.05, 4.69) is 5.32 Å². The summed E-state index contributed by atoms with van der Waals surface area (Å²) in [4.78, 5) is 53.8. The molecule has 3 heterocycles. The van der Waals surface area contributed by atoms with E-state index in [1.807, 2.05) is 4.90 Å². The van der Waals surface area contributed by atoms with E-state index in [1.54, 1.807) is 42.5 Å². The third kappa shape index (κ3) is 4.16. The molecule has 2 aromatic rings. The summed E-state index contributed by atoms with van der Waals surface area (Å²) in [6, 6.07) is 12.1.